The Morgan fingerprint density at radius 1 is 0.652 bits per heavy atom. The molecule has 0 spiro atoms. The molecule has 3 aromatic carbocycles. The maximum atomic E-state index is 8.34. The summed E-state index contributed by atoms with van der Waals surface area (Å²) in [5, 5.41) is 16.7. The van der Waals surface area contributed by atoms with Crippen LogP contribution >= 0.6 is 0 Å². The molecular formula is C18H15N3O2. The lowest BCUT2D eigenvalue weighted by Crippen LogP contribution is -1.95. The minimum atomic E-state index is 0.671. The van der Waals surface area contributed by atoms with Crippen LogP contribution in [0.1, 0.15) is 0 Å². The third kappa shape index (κ3) is 4.00. The molecule has 0 saturated carbocycles. The molecule has 2 N–H and O–H groups in total. The zero-order valence-electron chi connectivity index (χ0n) is 12.3. The van der Waals surface area contributed by atoms with Gasteiger partial charge in [-0.2, -0.15) is 10.2 Å². The highest BCUT2D eigenvalue weighted by atomic mass is 17.2. The molecule has 0 heterocycles. The van der Waals surface area contributed by atoms with E-state index >= 15 is 0 Å². The number of hydrogen-bond acceptors (Lipinski definition) is 5. The predicted octanol–water partition coefficient (Wildman–Crippen LogP) is 5.59. The fourth-order valence-electron chi connectivity index (χ4n) is 2.11. The number of anilines is 1. The number of benzene rings is 3. The lowest BCUT2D eigenvalue weighted by molar-refractivity contribution is -0.215. The molecule has 5 heteroatoms. The number of rotatable bonds is 5. The van der Waals surface area contributed by atoms with E-state index in [0.717, 1.165) is 22.5 Å². The van der Waals surface area contributed by atoms with Crippen LogP contribution in [0.2, 0.25) is 0 Å². The van der Waals surface area contributed by atoms with Crippen LogP contribution in [0.5, 0.6) is 0 Å². The van der Waals surface area contributed by atoms with E-state index in [1.165, 1.54) is 0 Å². The SMILES string of the molecule is OONc1ccc(-c2ccc(N=Nc3ccccc3)cc2)cc1. The van der Waals surface area contributed by atoms with Gasteiger partial charge in [0.2, 0.25) is 0 Å². The first-order chi connectivity index (χ1) is 11.3. The molecule has 3 rings (SSSR count). The van der Waals surface area contributed by atoms with Gasteiger partial charge >= 0.3 is 0 Å². The monoisotopic (exact) mass is 305 g/mol. The van der Waals surface area contributed by atoms with Crippen molar-refractivity contribution in [2.24, 2.45) is 10.2 Å². The molecular weight excluding hydrogens is 290 g/mol. The van der Waals surface area contributed by atoms with Gasteiger partial charge in [0, 0.05) is 0 Å². The quantitative estimate of drug-likeness (QED) is 0.367. The maximum absolute atomic E-state index is 8.34. The van der Waals surface area contributed by atoms with E-state index < -0.39 is 0 Å². The van der Waals surface area contributed by atoms with Crippen molar-refractivity contribution < 1.29 is 10.2 Å². The Morgan fingerprint density at radius 2 is 1.17 bits per heavy atom. The molecule has 0 aromatic heterocycles. The molecule has 0 amide bonds. The maximum Gasteiger partial charge on any atom is 0.0857 e. The van der Waals surface area contributed by atoms with Gasteiger partial charge in [-0.1, -0.05) is 42.5 Å². The van der Waals surface area contributed by atoms with Gasteiger partial charge in [-0.3, -0.25) is 0 Å². The minimum Gasteiger partial charge on any atom is -0.236 e. The molecule has 114 valence electrons. The van der Waals surface area contributed by atoms with Gasteiger partial charge in [0.25, 0.3) is 0 Å². The van der Waals surface area contributed by atoms with Gasteiger partial charge in [-0.05, 0) is 47.5 Å². The molecule has 0 atom stereocenters. The van der Waals surface area contributed by atoms with Gasteiger partial charge in [0.05, 0.1) is 17.1 Å². The zero-order chi connectivity index (χ0) is 15.9. The van der Waals surface area contributed by atoms with Crippen LogP contribution in [-0.4, -0.2) is 5.26 Å². The van der Waals surface area contributed by atoms with Crippen molar-refractivity contribution in [1.29, 1.82) is 0 Å². The standard InChI is InChI=1S/C18H15N3O2/c22-23-21-18-12-8-15(9-13-18)14-6-10-17(11-7-14)20-19-16-4-2-1-3-5-16/h1-13,21-22H. The summed E-state index contributed by atoms with van der Waals surface area (Å²) in [5.74, 6) is 0. The van der Waals surface area contributed by atoms with Crippen molar-refractivity contribution >= 4 is 17.1 Å². The van der Waals surface area contributed by atoms with Gasteiger partial charge in [-0.25, -0.2) is 10.7 Å². The van der Waals surface area contributed by atoms with Crippen molar-refractivity contribution in [1.82, 2.24) is 0 Å². The lowest BCUT2D eigenvalue weighted by Gasteiger charge is -2.04. The first kappa shape index (κ1) is 14.9. The van der Waals surface area contributed by atoms with E-state index in [1.807, 2.05) is 78.9 Å². The summed E-state index contributed by atoms with van der Waals surface area (Å²) >= 11 is 0. The topological polar surface area (TPSA) is 66.2 Å². The number of hydrogen-bond donors (Lipinski definition) is 2. The summed E-state index contributed by atoms with van der Waals surface area (Å²) in [6.07, 6.45) is 0. The van der Waals surface area contributed by atoms with E-state index in [4.69, 9.17) is 5.26 Å². The van der Waals surface area contributed by atoms with Gasteiger partial charge in [-0.15, -0.1) is 4.99 Å². The molecule has 0 bridgehead atoms. The summed E-state index contributed by atoms with van der Waals surface area (Å²) < 4.78 is 0. The summed E-state index contributed by atoms with van der Waals surface area (Å²) in [6, 6.07) is 24.9. The Bertz CT molecular complexity index is 770. The van der Waals surface area contributed by atoms with Gasteiger partial charge in [0.15, 0.2) is 0 Å². The summed E-state index contributed by atoms with van der Waals surface area (Å²) in [5.41, 5.74) is 6.77. The lowest BCUT2D eigenvalue weighted by atomic mass is 10.1. The van der Waals surface area contributed by atoms with E-state index in [-0.39, 0.29) is 0 Å². The van der Waals surface area contributed by atoms with Gasteiger partial charge in [0.1, 0.15) is 0 Å². The van der Waals surface area contributed by atoms with Crippen molar-refractivity contribution in [3.63, 3.8) is 0 Å². The molecule has 0 saturated heterocycles. The third-order valence-corrected chi connectivity index (χ3v) is 3.29. The van der Waals surface area contributed by atoms with E-state index in [2.05, 4.69) is 20.7 Å². The first-order valence-corrected chi connectivity index (χ1v) is 7.09. The fourth-order valence-corrected chi connectivity index (χ4v) is 2.11. The van der Waals surface area contributed by atoms with Crippen molar-refractivity contribution in [2.45, 2.75) is 0 Å². The third-order valence-electron chi connectivity index (χ3n) is 3.29. The van der Waals surface area contributed by atoms with Gasteiger partial charge < -0.3 is 0 Å². The molecule has 0 aliphatic carbocycles. The van der Waals surface area contributed by atoms with E-state index in [1.54, 1.807) is 0 Å². The summed E-state index contributed by atoms with van der Waals surface area (Å²) in [6.45, 7) is 0. The Balaban J connectivity index is 1.73. The second-order valence-corrected chi connectivity index (χ2v) is 4.85. The second kappa shape index (κ2) is 7.31. The number of nitrogens with one attached hydrogen (secondary N) is 1. The predicted molar refractivity (Wildman–Crippen MR) is 89.8 cm³/mol. The van der Waals surface area contributed by atoms with Crippen molar-refractivity contribution in [3.05, 3.63) is 78.9 Å². The zero-order valence-corrected chi connectivity index (χ0v) is 12.3. The number of nitrogens with zero attached hydrogens (tertiary/aromatic N) is 2. The Morgan fingerprint density at radius 3 is 1.74 bits per heavy atom. The molecule has 0 unspecified atom stereocenters. The fraction of sp³-hybridized carbons (Fsp3) is 0. The molecule has 0 aliphatic rings. The summed E-state index contributed by atoms with van der Waals surface area (Å²) in [4.78, 5) is 3.88. The highest BCUT2D eigenvalue weighted by Crippen LogP contribution is 2.25. The second-order valence-electron chi connectivity index (χ2n) is 4.85. The van der Waals surface area contributed by atoms with Crippen LogP contribution in [0.15, 0.2) is 89.1 Å². The average molecular weight is 305 g/mol. The minimum absolute atomic E-state index is 0.671. The molecule has 5 nitrogen and oxygen atoms in total. The smallest absolute Gasteiger partial charge is 0.0857 e. The highest BCUT2D eigenvalue weighted by molar-refractivity contribution is 5.67. The molecule has 3 aromatic rings. The molecule has 0 fully saturated rings. The van der Waals surface area contributed by atoms with Crippen LogP contribution < -0.4 is 5.48 Å². The first-order valence-electron chi connectivity index (χ1n) is 7.09. The number of azo groups is 1. The van der Waals surface area contributed by atoms with Crippen LogP contribution in [-0.2, 0) is 4.99 Å². The van der Waals surface area contributed by atoms with Crippen LogP contribution in [0.3, 0.4) is 0 Å². The van der Waals surface area contributed by atoms with Crippen LogP contribution in [0.4, 0.5) is 17.1 Å². The summed E-state index contributed by atoms with van der Waals surface area (Å²) in [7, 11) is 0. The highest BCUT2D eigenvalue weighted by Gasteiger charge is 1.99. The van der Waals surface area contributed by atoms with Crippen LogP contribution in [0.25, 0.3) is 11.1 Å². The average Bonchev–Trinajstić information content (AvgIpc) is 2.62. The Hall–Kier alpha value is -3.02. The van der Waals surface area contributed by atoms with E-state index in [9.17, 15) is 0 Å². The molecule has 0 aliphatic heterocycles. The largest absolute Gasteiger partial charge is 0.236 e. The van der Waals surface area contributed by atoms with E-state index in [0.29, 0.717) is 5.69 Å². The normalized spacial score (nSPS) is 10.8. The van der Waals surface area contributed by atoms with Crippen molar-refractivity contribution in [2.75, 3.05) is 5.48 Å². The molecule has 0 radical (unpaired) electrons. The van der Waals surface area contributed by atoms with Crippen LogP contribution in [0, 0.1) is 0 Å². The Labute approximate surface area is 133 Å². The Kier molecular flexibility index (Phi) is 4.73. The van der Waals surface area contributed by atoms with Crippen molar-refractivity contribution in [3.8, 4) is 11.1 Å². The molecule has 23 heavy (non-hydrogen) atoms.